The number of benzene rings is 1. The molecule has 0 N–H and O–H groups in total. The van der Waals surface area contributed by atoms with Gasteiger partial charge in [-0.2, -0.15) is 5.10 Å². The van der Waals surface area contributed by atoms with Crippen molar-refractivity contribution in [3.63, 3.8) is 0 Å². The van der Waals surface area contributed by atoms with Gasteiger partial charge in [-0.3, -0.25) is 9.48 Å². The quantitative estimate of drug-likeness (QED) is 0.774. The van der Waals surface area contributed by atoms with Gasteiger partial charge in [-0.05, 0) is 43.2 Å². The van der Waals surface area contributed by atoms with Crippen LogP contribution in [0.25, 0.3) is 0 Å². The maximum atomic E-state index is 12.2. The summed E-state index contributed by atoms with van der Waals surface area (Å²) in [7, 11) is 1.63. The number of carbonyl (C=O) groups excluding carboxylic acids is 1. The van der Waals surface area contributed by atoms with Gasteiger partial charge in [0.1, 0.15) is 5.75 Å². The van der Waals surface area contributed by atoms with Crippen molar-refractivity contribution in [1.82, 2.24) is 9.78 Å². The van der Waals surface area contributed by atoms with Crippen LogP contribution in [0.3, 0.4) is 0 Å². The van der Waals surface area contributed by atoms with E-state index < -0.39 is 0 Å². The Labute approximate surface area is 113 Å². The topological polar surface area (TPSA) is 44.1 Å². The minimum absolute atomic E-state index is 0.0985. The number of hydrogen-bond donors (Lipinski definition) is 0. The summed E-state index contributed by atoms with van der Waals surface area (Å²) >= 11 is 0. The van der Waals surface area contributed by atoms with Crippen molar-refractivity contribution in [1.29, 1.82) is 0 Å². The van der Waals surface area contributed by atoms with Crippen LogP contribution in [0.5, 0.6) is 5.75 Å². The number of hydrogen-bond acceptors (Lipinski definition) is 3. The van der Waals surface area contributed by atoms with Crippen LogP contribution in [0.2, 0.25) is 0 Å². The SMILES string of the molecule is CCn1cc(CC(=O)c2ccc(OC)c(C)c2)cn1. The molecule has 0 aliphatic heterocycles. The molecule has 1 heterocycles. The monoisotopic (exact) mass is 258 g/mol. The van der Waals surface area contributed by atoms with E-state index in [1.165, 1.54) is 0 Å². The smallest absolute Gasteiger partial charge is 0.167 e. The van der Waals surface area contributed by atoms with Gasteiger partial charge in [-0.15, -0.1) is 0 Å². The van der Waals surface area contributed by atoms with Crippen molar-refractivity contribution >= 4 is 5.78 Å². The molecule has 0 radical (unpaired) electrons. The zero-order valence-corrected chi connectivity index (χ0v) is 11.5. The maximum absolute atomic E-state index is 12.2. The molecule has 1 aromatic carbocycles. The summed E-state index contributed by atoms with van der Waals surface area (Å²) < 4.78 is 7.01. The zero-order chi connectivity index (χ0) is 13.8. The Morgan fingerprint density at radius 2 is 2.21 bits per heavy atom. The van der Waals surface area contributed by atoms with Crippen molar-refractivity contribution in [3.05, 3.63) is 47.3 Å². The van der Waals surface area contributed by atoms with E-state index in [0.29, 0.717) is 12.0 Å². The van der Waals surface area contributed by atoms with Gasteiger partial charge in [0.05, 0.1) is 13.3 Å². The molecule has 0 aliphatic carbocycles. The van der Waals surface area contributed by atoms with Crippen LogP contribution in [0, 0.1) is 6.92 Å². The first-order valence-corrected chi connectivity index (χ1v) is 6.33. The van der Waals surface area contributed by atoms with Crippen molar-refractivity contribution < 1.29 is 9.53 Å². The van der Waals surface area contributed by atoms with E-state index >= 15 is 0 Å². The summed E-state index contributed by atoms with van der Waals surface area (Å²) in [6.45, 7) is 4.77. The highest BCUT2D eigenvalue weighted by molar-refractivity contribution is 5.97. The molecule has 0 fully saturated rings. The lowest BCUT2D eigenvalue weighted by molar-refractivity contribution is 0.0993. The number of ketones is 1. The summed E-state index contributed by atoms with van der Waals surface area (Å²) in [6.07, 6.45) is 4.04. The number of nitrogens with zero attached hydrogens (tertiary/aromatic N) is 2. The third kappa shape index (κ3) is 3.02. The maximum Gasteiger partial charge on any atom is 0.167 e. The minimum Gasteiger partial charge on any atom is -0.496 e. The number of aryl methyl sites for hydroxylation is 2. The number of methoxy groups -OCH3 is 1. The lowest BCUT2D eigenvalue weighted by atomic mass is 10.0. The summed E-state index contributed by atoms with van der Waals surface area (Å²) in [5.41, 5.74) is 2.63. The lowest BCUT2D eigenvalue weighted by Gasteiger charge is -2.06. The fourth-order valence-electron chi connectivity index (χ4n) is 2.01. The highest BCUT2D eigenvalue weighted by atomic mass is 16.5. The first-order chi connectivity index (χ1) is 9.13. The van der Waals surface area contributed by atoms with E-state index in [1.807, 2.05) is 36.9 Å². The van der Waals surface area contributed by atoms with E-state index in [0.717, 1.165) is 23.4 Å². The molecule has 0 amide bonds. The van der Waals surface area contributed by atoms with Crippen LogP contribution < -0.4 is 4.74 Å². The average Bonchev–Trinajstić information content (AvgIpc) is 2.86. The van der Waals surface area contributed by atoms with Crippen molar-refractivity contribution in [2.75, 3.05) is 7.11 Å². The second-order valence-electron chi connectivity index (χ2n) is 4.49. The predicted octanol–water partition coefficient (Wildman–Crippen LogP) is 2.65. The Bertz CT molecular complexity index is 588. The molecule has 2 aromatic rings. The Morgan fingerprint density at radius 1 is 1.42 bits per heavy atom. The average molecular weight is 258 g/mol. The van der Waals surface area contributed by atoms with E-state index in [1.54, 1.807) is 19.4 Å². The molecule has 0 saturated carbocycles. The standard InChI is InChI=1S/C15H18N2O2/c1-4-17-10-12(9-16-17)8-14(18)13-5-6-15(19-3)11(2)7-13/h5-7,9-10H,4,8H2,1-3H3. The lowest BCUT2D eigenvalue weighted by Crippen LogP contribution is -2.03. The highest BCUT2D eigenvalue weighted by Crippen LogP contribution is 2.19. The summed E-state index contributed by atoms with van der Waals surface area (Å²) in [6, 6.07) is 5.50. The van der Waals surface area contributed by atoms with Gasteiger partial charge in [-0.25, -0.2) is 0 Å². The van der Waals surface area contributed by atoms with Gasteiger partial charge in [0.25, 0.3) is 0 Å². The van der Waals surface area contributed by atoms with Crippen LogP contribution in [0.15, 0.2) is 30.6 Å². The first-order valence-electron chi connectivity index (χ1n) is 6.33. The Hall–Kier alpha value is -2.10. The molecule has 0 unspecified atom stereocenters. The summed E-state index contributed by atoms with van der Waals surface area (Å²) in [5.74, 6) is 0.900. The van der Waals surface area contributed by atoms with Crippen LogP contribution in [-0.4, -0.2) is 22.7 Å². The third-order valence-corrected chi connectivity index (χ3v) is 3.09. The Morgan fingerprint density at radius 3 is 2.79 bits per heavy atom. The normalized spacial score (nSPS) is 10.5. The zero-order valence-electron chi connectivity index (χ0n) is 11.5. The van der Waals surface area contributed by atoms with Crippen LogP contribution in [0.1, 0.15) is 28.4 Å². The van der Waals surface area contributed by atoms with Crippen molar-refractivity contribution in [2.24, 2.45) is 0 Å². The van der Waals surface area contributed by atoms with Gasteiger partial charge >= 0.3 is 0 Å². The predicted molar refractivity (Wildman–Crippen MR) is 73.7 cm³/mol. The molecule has 2 rings (SSSR count). The van der Waals surface area contributed by atoms with E-state index in [9.17, 15) is 4.79 Å². The van der Waals surface area contributed by atoms with Crippen LogP contribution in [0.4, 0.5) is 0 Å². The summed E-state index contributed by atoms with van der Waals surface area (Å²) in [4.78, 5) is 12.2. The molecule has 4 nitrogen and oxygen atoms in total. The molecular weight excluding hydrogens is 240 g/mol. The molecule has 100 valence electrons. The van der Waals surface area contributed by atoms with Gasteiger partial charge in [0.2, 0.25) is 0 Å². The minimum atomic E-state index is 0.0985. The van der Waals surface area contributed by atoms with Gasteiger partial charge in [0, 0.05) is 24.7 Å². The third-order valence-electron chi connectivity index (χ3n) is 3.09. The molecule has 0 aliphatic rings. The van der Waals surface area contributed by atoms with Gasteiger partial charge < -0.3 is 4.74 Å². The largest absolute Gasteiger partial charge is 0.496 e. The fraction of sp³-hybridized carbons (Fsp3) is 0.333. The molecule has 0 saturated heterocycles. The van der Waals surface area contributed by atoms with Gasteiger partial charge in [0.15, 0.2) is 5.78 Å². The molecular formula is C15H18N2O2. The first kappa shape index (κ1) is 13.3. The molecule has 1 aromatic heterocycles. The second-order valence-corrected chi connectivity index (χ2v) is 4.49. The van der Waals surface area contributed by atoms with E-state index in [-0.39, 0.29) is 5.78 Å². The Kier molecular flexibility index (Phi) is 4.00. The summed E-state index contributed by atoms with van der Waals surface area (Å²) in [5, 5.41) is 4.17. The molecule has 19 heavy (non-hydrogen) atoms. The second kappa shape index (κ2) is 5.69. The molecule has 0 atom stereocenters. The van der Waals surface area contributed by atoms with Crippen LogP contribution in [-0.2, 0) is 13.0 Å². The van der Waals surface area contributed by atoms with Gasteiger partial charge in [-0.1, -0.05) is 0 Å². The van der Waals surface area contributed by atoms with Crippen LogP contribution >= 0.6 is 0 Å². The number of aromatic nitrogens is 2. The van der Waals surface area contributed by atoms with Crippen molar-refractivity contribution in [3.8, 4) is 5.75 Å². The number of Topliss-reactive ketones (excluding diaryl/α,β-unsaturated/α-hetero) is 1. The number of rotatable bonds is 5. The Balaban J connectivity index is 2.13. The highest BCUT2D eigenvalue weighted by Gasteiger charge is 2.10. The van der Waals surface area contributed by atoms with Crippen molar-refractivity contribution in [2.45, 2.75) is 26.8 Å². The number of ether oxygens (including phenoxy) is 1. The molecule has 0 spiro atoms. The fourth-order valence-corrected chi connectivity index (χ4v) is 2.01. The number of carbonyl (C=O) groups is 1. The van der Waals surface area contributed by atoms with E-state index in [2.05, 4.69) is 5.10 Å². The van der Waals surface area contributed by atoms with E-state index in [4.69, 9.17) is 4.74 Å². The molecule has 4 heteroatoms. The molecule has 0 bridgehead atoms.